The highest BCUT2D eigenvalue weighted by Crippen LogP contribution is 2.37. The van der Waals surface area contributed by atoms with Crippen LogP contribution in [0.15, 0.2) is 22.5 Å². The van der Waals surface area contributed by atoms with Gasteiger partial charge in [-0.1, -0.05) is 29.2 Å². The number of methoxy groups -OCH3 is 1. The second kappa shape index (κ2) is 7.67. The smallest absolute Gasteiger partial charge is 0.206 e. The molecule has 0 saturated carbocycles. The number of ether oxygens (including phenoxy) is 1. The molecule has 1 atom stereocenters. The number of nitrogens with zero attached hydrogens (tertiary/aromatic N) is 2. The lowest BCUT2D eigenvalue weighted by Crippen LogP contribution is -2.06. The molecule has 1 heterocycles. The Morgan fingerprint density at radius 1 is 1.33 bits per heavy atom. The largest absolute Gasteiger partial charge is 0.383 e. The lowest BCUT2D eigenvalue weighted by Gasteiger charge is -2.09. The number of anilines is 1. The summed E-state index contributed by atoms with van der Waals surface area (Å²) in [7, 11) is 1.63. The van der Waals surface area contributed by atoms with Gasteiger partial charge >= 0.3 is 0 Å². The van der Waals surface area contributed by atoms with E-state index in [9.17, 15) is 8.78 Å². The van der Waals surface area contributed by atoms with Crippen molar-refractivity contribution in [2.75, 3.05) is 25.6 Å². The summed E-state index contributed by atoms with van der Waals surface area (Å²) in [6.07, 6.45) is 0. The molecule has 0 saturated heterocycles. The van der Waals surface area contributed by atoms with Crippen LogP contribution < -0.4 is 5.32 Å². The fourth-order valence-corrected chi connectivity index (χ4v) is 3.61. The van der Waals surface area contributed by atoms with E-state index in [0.29, 0.717) is 23.8 Å². The highest BCUT2D eigenvalue weighted by atomic mass is 32.2. The minimum atomic E-state index is -0.837. The van der Waals surface area contributed by atoms with Crippen LogP contribution in [0, 0.1) is 11.6 Å². The molecule has 0 spiro atoms. The van der Waals surface area contributed by atoms with Crippen molar-refractivity contribution >= 4 is 28.2 Å². The van der Waals surface area contributed by atoms with Crippen LogP contribution in [0.2, 0.25) is 0 Å². The molecule has 1 N–H and O–H groups in total. The van der Waals surface area contributed by atoms with Crippen molar-refractivity contribution in [2.24, 2.45) is 0 Å². The number of benzene rings is 1. The van der Waals surface area contributed by atoms with Gasteiger partial charge in [-0.2, -0.15) is 0 Å². The van der Waals surface area contributed by atoms with Gasteiger partial charge in [0.05, 0.1) is 6.61 Å². The van der Waals surface area contributed by atoms with E-state index in [1.807, 2.05) is 6.92 Å². The zero-order valence-corrected chi connectivity index (χ0v) is 13.2. The van der Waals surface area contributed by atoms with E-state index >= 15 is 0 Å². The van der Waals surface area contributed by atoms with Crippen molar-refractivity contribution in [3.63, 3.8) is 0 Å². The minimum absolute atomic E-state index is 0.0418. The molecule has 1 unspecified atom stereocenters. The summed E-state index contributed by atoms with van der Waals surface area (Å²) < 4.78 is 31.8. The molecule has 1 aromatic carbocycles. The van der Waals surface area contributed by atoms with Crippen molar-refractivity contribution in [1.29, 1.82) is 0 Å². The van der Waals surface area contributed by atoms with E-state index < -0.39 is 11.6 Å². The van der Waals surface area contributed by atoms with Crippen LogP contribution >= 0.6 is 23.1 Å². The maximum atomic E-state index is 13.2. The Hall–Kier alpha value is -1.25. The quantitative estimate of drug-likeness (QED) is 0.619. The summed E-state index contributed by atoms with van der Waals surface area (Å²) in [5.41, 5.74) is 0.711. The number of halogens is 2. The molecule has 0 fully saturated rings. The summed E-state index contributed by atoms with van der Waals surface area (Å²) >= 11 is 2.88. The molecule has 0 aliphatic carbocycles. The van der Waals surface area contributed by atoms with E-state index in [4.69, 9.17) is 4.74 Å². The van der Waals surface area contributed by atoms with Crippen LogP contribution in [-0.4, -0.2) is 30.5 Å². The molecule has 21 heavy (non-hydrogen) atoms. The van der Waals surface area contributed by atoms with Crippen LogP contribution in [0.3, 0.4) is 0 Å². The first-order chi connectivity index (χ1) is 10.1. The SMILES string of the molecule is COCCNc1nnc(SC(C)c2ccc(F)c(F)c2)s1. The van der Waals surface area contributed by atoms with Gasteiger partial charge in [0, 0.05) is 18.9 Å². The predicted octanol–water partition coefficient (Wildman–Crippen LogP) is 3.73. The topological polar surface area (TPSA) is 47.0 Å². The Morgan fingerprint density at radius 2 is 2.14 bits per heavy atom. The normalized spacial score (nSPS) is 12.4. The lowest BCUT2D eigenvalue weighted by atomic mass is 10.1. The Kier molecular flexibility index (Phi) is 5.89. The van der Waals surface area contributed by atoms with Crippen molar-refractivity contribution in [1.82, 2.24) is 10.2 Å². The van der Waals surface area contributed by atoms with Gasteiger partial charge in [0.15, 0.2) is 16.0 Å². The molecule has 4 nitrogen and oxygen atoms in total. The van der Waals surface area contributed by atoms with E-state index in [0.717, 1.165) is 10.4 Å². The summed E-state index contributed by atoms with van der Waals surface area (Å²) in [4.78, 5) is 0. The third-order valence-electron chi connectivity index (χ3n) is 2.68. The zero-order valence-electron chi connectivity index (χ0n) is 11.6. The standard InChI is InChI=1S/C13H15F2N3OS2/c1-8(9-3-4-10(14)11(15)7-9)20-13-18-17-12(21-13)16-5-6-19-2/h3-4,7-8H,5-6H2,1-2H3,(H,16,17). The molecule has 8 heteroatoms. The maximum Gasteiger partial charge on any atom is 0.206 e. The van der Waals surface area contributed by atoms with Gasteiger partial charge in [0.1, 0.15) is 0 Å². The van der Waals surface area contributed by atoms with Crippen LogP contribution in [-0.2, 0) is 4.74 Å². The van der Waals surface area contributed by atoms with Crippen molar-refractivity contribution in [3.05, 3.63) is 35.4 Å². The van der Waals surface area contributed by atoms with Crippen LogP contribution in [0.5, 0.6) is 0 Å². The molecule has 2 rings (SSSR count). The van der Waals surface area contributed by atoms with Gasteiger partial charge in [-0.3, -0.25) is 0 Å². The molecule has 0 bridgehead atoms. The van der Waals surface area contributed by atoms with Crippen molar-refractivity contribution in [2.45, 2.75) is 16.5 Å². The minimum Gasteiger partial charge on any atom is -0.383 e. The number of rotatable bonds is 7. The number of hydrogen-bond donors (Lipinski definition) is 1. The molecular formula is C13H15F2N3OS2. The highest BCUT2D eigenvalue weighted by Gasteiger charge is 2.13. The second-order valence-electron chi connectivity index (χ2n) is 4.23. The van der Waals surface area contributed by atoms with Gasteiger partial charge in [-0.15, -0.1) is 10.2 Å². The average molecular weight is 331 g/mol. The highest BCUT2D eigenvalue weighted by molar-refractivity contribution is 8.01. The van der Waals surface area contributed by atoms with E-state index in [2.05, 4.69) is 15.5 Å². The molecule has 0 amide bonds. The van der Waals surface area contributed by atoms with E-state index in [1.54, 1.807) is 13.2 Å². The molecule has 0 aliphatic rings. The summed E-state index contributed by atoms with van der Waals surface area (Å²) in [6.45, 7) is 3.17. The Labute approximate surface area is 129 Å². The first kappa shape index (κ1) is 16.1. The van der Waals surface area contributed by atoms with Crippen LogP contribution in [0.4, 0.5) is 13.9 Å². The number of aromatic nitrogens is 2. The summed E-state index contributed by atoms with van der Waals surface area (Å²) in [6, 6.07) is 3.93. The number of thioether (sulfide) groups is 1. The lowest BCUT2D eigenvalue weighted by molar-refractivity contribution is 0.211. The molecule has 0 radical (unpaired) electrons. The summed E-state index contributed by atoms with van der Waals surface area (Å²) in [5, 5.41) is 11.8. The van der Waals surface area contributed by atoms with E-state index in [-0.39, 0.29) is 5.25 Å². The fourth-order valence-electron chi connectivity index (χ4n) is 1.57. The van der Waals surface area contributed by atoms with Gasteiger partial charge in [0.25, 0.3) is 0 Å². The third-order valence-corrected chi connectivity index (χ3v) is 4.80. The van der Waals surface area contributed by atoms with Crippen LogP contribution in [0.1, 0.15) is 17.7 Å². The van der Waals surface area contributed by atoms with E-state index in [1.165, 1.54) is 29.2 Å². The maximum absolute atomic E-state index is 13.2. The number of hydrogen-bond acceptors (Lipinski definition) is 6. The average Bonchev–Trinajstić information content (AvgIpc) is 2.89. The Bertz CT molecular complexity index is 595. The monoisotopic (exact) mass is 331 g/mol. The van der Waals surface area contributed by atoms with Gasteiger partial charge < -0.3 is 10.1 Å². The molecule has 0 aliphatic heterocycles. The van der Waals surface area contributed by atoms with Gasteiger partial charge in [-0.25, -0.2) is 8.78 Å². The van der Waals surface area contributed by atoms with Gasteiger partial charge in [-0.05, 0) is 24.6 Å². The van der Waals surface area contributed by atoms with Crippen molar-refractivity contribution in [3.8, 4) is 0 Å². The number of nitrogens with one attached hydrogen (secondary N) is 1. The Morgan fingerprint density at radius 3 is 2.86 bits per heavy atom. The van der Waals surface area contributed by atoms with Crippen LogP contribution in [0.25, 0.3) is 0 Å². The predicted molar refractivity (Wildman–Crippen MR) is 80.9 cm³/mol. The van der Waals surface area contributed by atoms with Crippen molar-refractivity contribution < 1.29 is 13.5 Å². The zero-order chi connectivity index (χ0) is 15.2. The molecule has 1 aromatic heterocycles. The molecule has 114 valence electrons. The Balaban J connectivity index is 1.95. The third kappa shape index (κ3) is 4.62. The molecule has 2 aromatic rings. The fraction of sp³-hybridized carbons (Fsp3) is 0.385. The second-order valence-corrected chi connectivity index (χ2v) is 6.79. The van der Waals surface area contributed by atoms with Gasteiger partial charge in [0.2, 0.25) is 5.13 Å². The first-order valence-corrected chi connectivity index (χ1v) is 7.97. The summed E-state index contributed by atoms with van der Waals surface area (Å²) in [5.74, 6) is -1.67. The molecular weight excluding hydrogens is 316 g/mol. The first-order valence-electron chi connectivity index (χ1n) is 6.28.